The molecule has 1 aromatic carbocycles. The van der Waals surface area contributed by atoms with Gasteiger partial charge >= 0.3 is 0 Å². The van der Waals surface area contributed by atoms with Crippen molar-refractivity contribution >= 4 is 18.0 Å². The number of benzene rings is 1. The van der Waals surface area contributed by atoms with Crippen molar-refractivity contribution < 1.29 is 9.53 Å². The van der Waals surface area contributed by atoms with E-state index in [2.05, 4.69) is 6.58 Å². The van der Waals surface area contributed by atoms with E-state index in [0.29, 0.717) is 5.56 Å². The molecule has 0 aromatic heterocycles. The summed E-state index contributed by atoms with van der Waals surface area (Å²) < 4.78 is 5.22. The van der Waals surface area contributed by atoms with Crippen LogP contribution in [-0.4, -0.2) is 19.1 Å². The van der Waals surface area contributed by atoms with Gasteiger partial charge in [0, 0.05) is 22.6 Å². The Morgan fingerprint density at radius 3 is 2.93 bits per heavy atom. The molecule has 0 N–H and O–H groups in total. The maximum atomic E-state index is 10.6. The van der Waals surface area contributed by atoms with Crippen LogP contribution in [0.4, 0.5) is 0 Å². The Kier molecular flexibility index (Phi) is 4.98. The van der Waals surface area contributed by atoms with Gasteiger partial charge in [-0.2, -0.15) is 11.8 Å². The molecule has 15 heavy (non-hydrogen) atoms. The number of hydrogen-bond donors (Lipinski definition) is 0. The van der Waals surface area contributed by atoms with Crippen molar-refractivity contribution in [1.82, 2.24) is 0 Å². The van der Waals surface area contributed by atoms with Gasteiger partial charge in [-0.25, -0.2) is 0 Å². The second-order valence-electron chi connectivity index (χ2n) is 2.99. The van der Waals surface area contributed by atoms with Crippen LogP contribution < -0.4 is 4.74 Å². The minimum absolute atomic E-state index is 0.685. The molecule has 0 saturated carbocycles. The third-order valence-electron chi connectivity index (χ3n) is 1.93. The highest BCUT2D eigenvalue weighted by Crippen LogP contribution is 2.24. The molecule has 3 heteroatoms. The predicted molar refractivity (Wildman–Crippen MR) is 64.7 cm³/mol. The van der Waals surface area contributed by atoms with Crippen LogP contribution in [0.3, 0.4) is 0 Å². The predicted octanol–water partition coefficient (Wildman–Crippen LogP) is 2.93. The molecule has 0 amide bonds. The van der Waals surface area contributed by atoms with Crippen LogP contribution in [-0.2, 0) is 5.75 Å². The second kappa shape index (κ2) is 6.30. The fraction of sp³-hybridized carbons (Fsp3) is 0.250. The summed E-state index contributed by atoms with van der Waals surface area (Å²) in [5.41, 5.74) is 1.74. The van der Waals surface area contributed by atoms with Crippen LogP contribution in [0.2, 0.25) is 0 Å². The van der Waals surface area contributed by atoms with E-state index < -0.39 is 0 Å². The highest BCUT2D eigenvalue weighted by molar-refractivity contribution is 7.98. The van der Waals surface area contributed by atoms with Crippen LogP contribution in [0, 0.1) is 0 Å². The quantitative estimate of drug-likeness (QED) is 0.420. The SMILES string of the molecule is C=CCSCc1cc(C=O)ccc1OC. The fourth-order valence-electron chi connectivity index (χ4n) is 1.24. The summed E-state index contributed by atoms with van der Waals surface area (Å²) in [5, 5.41) is 0. The number of carbonyl (C=O) groups is 1. The fourth-order valence-corrected chi connectivity index (χ4v) is 1.97. The lowest BCUT2D eigenvalue weighted by Crippen LogP contribution is -1.92. The molecule has 0 aliphatic carbocycles. The van der Waals surface area contributed by atoms with Gasteiger partial charge < -0.3 is 4.74 Å². The van der Waals surface area contributed by atoms with Gasteiger partial charge in [0.05, 0.1) is 7.11 Å². The van der Waals surface area contributed by atoms with Crippen LogP contribution in [0.15, 0.2) is 30.9 Å². The highest BCUT2D eigenvalue weighted by atomic mass is 32.2. The molecule has 0 unspecified atom stereocenters. The summed E-state index contributed by atoms with van der Waals surface area (Å²) in [7, 11) is 1.64. The van der Waals surface area contributed by atoms with Crippen molar-refractivity contribution in [2.24, 2.45) is 0 Å². The zero-order chi connectivity index (χ0) is 11.1. The molecule has 1 rings (SSSR count). The van der Waals surface area contributed by atoms with Gasteiger partial charge in [-0.1, -0.05) is 6.08 Å². The molecular formula is C12H14O2S. The molecule has 0 fully saturated rings. The topological polar surface area (TPSA) is 26.3 Å². The lowest BCUT2D eigenvalue weighted by molar-refractivity contribution is 0.112. The van der Waals surface area contributed by atoms with E-state index in [-0.39, 0.29) is 0 Å². The van der Waals surface area contributed by atoms with Crippen molar-refractivity contribution in [3.05, 3.63) is 42.0 Å². The monoisotopic (exact) mass is 222 g/mol. The minimum atomic E-state index is 0.685. The molecule has 0 aliphatic rings. The normalized spacial score (nSPS) is 9.67. The number of thioether (sulfide) groups is 1. The Hall–Kier alpha value is -1.22. The van der Waals surface area contributed by atoms with E-state index in [1.165, 1.54) is 0 Å². The van der Waals surface area contributed by atoms with Crippen molar-refractivity contribution in [3.63, 3.8) is 0 Å². The van der Waals surface area contributed by atoms with Crippen LogP contribution >= 0.6 is 11.8 Å². The van der Waals surface area contributed by atoms with Gasteiger partial charge in [0.25, 0.3) is 0 Å². The van der Waals surface area contributed by atoms with E-state index >= 15 is 0 Å². The van der Waals surface area contributed by atoms with E-state index in [4.69, 9.17) is 4.74 Å². The largest absolute Gasteiger partial charge is 0.496 e. The number of rotatable bonds is 6. The summed E-state index contributed by atoms with van der Waals surface area (Å²) in [6.45, 7) is 3.66. The van der Waals surface area contributed by atoms with Gasteiger partial charge in [-0.3, -0.25) is 4.79 Å². The summed E-state index contributed by atoms with van der Waals surface area (Å²) >= 11 is 1.74. The summed E-state index contributed by atoms with van der Waals surface area (Å²) in [4.78, 5) is 10.6. The third-order valence-corrected chi connectivity index (χ3v) is 2.92. The van der Waals surface area contributed by atoms with Crippen molar-refractivity contribution in [3.8, 4) is 5.75 Å². The van der Waals surface area contributed by atoms with E-state index in [9.17, 15) is 4.79 Å². The minimum Gasteiger partial charge on any atom is -0.496 e. The molecule has 0 spiro atoms. The first-order valence-electron chi connectivity index (χ1n) is 4.62. The molecular weight excluding hydrogens is 208 g/mol. The summed E-state index contributed by atoms with van der Waals surface area (Å²) in [6.07, 6.45) is 2.71. The number of methoxy groups -OCH3 is 1. The van der Waals surface area contributed by atoms with Gasteiger partial charge in [-0.05, 0) is 18.2 Å². The Morgan fingerprint density at radius 2 is 2.33 bits per heavy atom. The number of aldehydes is 1. The van der Waals surface area contributed by atoms with Gasteiger partial charge in [0.2, 0.25) is 0 Å². The Bertz CT molecular complexity index is 347. The van der Waals surface area contributed by atoms with Crippen LogP contribution in [0.25, 0.3) is 0 Å². The molecule has 80 valence electrons. The van der Waals surface area contributed by atoms with Gasteiger partial charge in [-0.15, -0.1) is 6.58 Å². The number of hydrogen-bond acceptors (Lipinski definition) is 3. The van der Waals surface area contributed by atoms with Crippen molar-refractivity contribution in [2.45, 2.75) is 5.75 Å². The molecule has 0 saturated heterocycles. The molecule has 0 atom stereocenters. The zero-order valence-corrected chi connectivity index (χ0v) is 9.55. The number of ether oxygens (including phenoxy) is 1. The highest BCUT2D eigenvalue weighted by Gasteiger charge is 2.03. The van der Waals surface area contributed by atoms with Crippen LogP contribution in [0.1, 0.15) is 15.9 Å². The van der Waals surface area contributed by atoms with Crippen molar-refractivity contribution in [2.75, 3.05) is 12.9 Å². The second-order valence-corrected chi connectivity index (χ2v) is 4.02. The lowest BCUT2D eigenvalue weighted by Gasteiger charge is -2.08. The molecule has 0 bridgehead atoms. The standard InChI is InChI=1S/C12H14O2S/c1-3-6-15-9-11-7-10(8-13)4-5-12(11)14-2/h3-5,7-8H,1,6,9H2,2H3. The Balaban J connectivity index is 2.80. The van der Waals surface area contributed by atoms with E-state index in [1.807, 2.05) is 18.2 Å². The lowest BCUT2D eigenvalue weighted by atomic mass is 10.1. The number of carbonyl (C=O) groups excluding carboxylic acids is 1. The molecule has 0 aliphatic heterocycles. The van der Waals surface area contributed by atoms with Crippen LogP contribution in [0.5, 0.6) is 5.75 Å². The molecule has 0 radical (unpaired) electrons. The maximum absolute atomic E-state index is 10.6. The first-order chi connectivity index (χ1) is 7.31. The maximum Gasteiger partial charge on any atom is 0.150 e. The van der Waals surface area contributed by atoms with E-state index in [1.54, 1.807) is 24.9 Å². The zero-order valence-electron chi connectivity index (χ0n) is 8.73. The average Bonchev–Trinajstić information content (AvgIpc) is 2.29. The van der Waals surface area contributed by atoms with Gasteiger partial charge in [0.15, 0.2) is 0 Å². The first kappa shape index (κ1) is 11.9. The molecule has 0 heterocycles. The third kappa shape index (κ3) is 3.44. The summed E-state index contributed by atoms with van der Waals surface area (Å²) in [6, 6.07) is 5.45. The molecule has 2 nitrogen and oxygen atoms in total. The Morgan fingerprint density at radius 1 is 1.53 bits per heavy atom. The van der Waals surface area contributed by atoms with Gasteiger partial charge in [0.1, 0.15) is 12.0 Å². The Labute approximate surface area is 94.3 Å². The van der Waals surface area contributed by atoms with Crippen molar-refractivity contribution in [1.29, 1.82) is 0 Å². The smallest absolute Gasteiger partial charge is 0.150 e. The first-order valence-corrected chi connectivity index (χ1v) is 5.78. The van der Waals surface area contributed by atoms with E-state index in [0.717, 1.165) is 29.1 Å². The average molecular weight is 222 g/mol. The molecule has 1 aromatic rings. The summed E-state index contributed by atoms with van der Waals surface area (Å²) in [5.74, 6) is 2.56.